The molecule has 63 heavy (non-hydrogen) atoms. The minimum Gasteiger partial charge on any atom is -0.493 e. The van der Waals surface area contributed by atoms with Gasteiger partial charge in [0.05, 0.1) is 42.6 Å². The van der Waals surface area contributed by atoms with Crippen molar-refractivity contribution >= 4 is 57.9 Å². The summed E-state index contributed by atoms with van der Waals surface area (Å²) in [5.74, 6) is 0.409. The zero-order chi connectivity index (χ0) is 44.5. The molecular formula is C48H48N8O7. The number of nitrogens with zero attached hydrogens (tertiary/aromatic N) is 6. The molecule has 2 aliphatic heterocycles. The second kappa shape index (κ2) is 17.5. The van der Waals surface area contributed by atoms with Crippen LogP contribution in [0.4, 0.5) is 11.5 Å². The van der Waals surface area contributed by atoms with E-state index in [1.54, 1.807) is 63.3 Å². The number of ketones is 2. The number of carbonyl (C=O) groups is 5. The van der Waals surface area contributed by atoms with Crippen molar-refractivity contribution in [3.63, 3.8) is 0 Å². The largest absolute Gasteiger partial charge is 0.493 e. The number of ether oxygens (including phenoxy) is 2. The van der Waals surface area contributed by atoms with Gasteiger partial charge in [-0.05, 0) is 66.8 Å². The fraction of sp³-hybridized carbons (Fsp3) is 0.271. The molecule has 8 rings (SSSR count). The number of nitrogens with one attached hydrogen (secondary N) is 1. The van der Waals surface area contributed by atoms with Gasteiger partial charge in [0.2, 0.25) is 11.7 Å². The van der Waals surface area contributed by atoms with Gasteiger partial charge in [0.15, 0.2) is 28.9 Å². The third kappa shape index (κ3) is 8.86. The summed E-state index contributed by atoms with van der Waals surface area (Å²) in [5.41, 5.74) is 12.2. The van der Waals surface area contributed by atoms with E-state index >= 15 is 0 Å². The van der Waals surface area contributed by atoms with Crippen LogP contribution in [0.5, 0.6) is 11.5 Å². The Kier molecular flexibility index (Phi) is 11.8. The highest BCUT2D eigenvalue weighted by molar-refractivity contribution is 6.04. The topological polar surface area (TPSA) is 185 Å². The van der Waals surface area contributed by atoms with Crippen LogP contribution in [0.3, 0.4) is 0 Å². The van der Waals surface area contributed by atoms with Gasteiger partial charge in [0.25, 0.3) is 11.8 Å². The molecule has 2 atom stereocenters. The number of hydrogen-bond donors (Lipinski definition) is 2. The average molecular weight is 849 g/mol. The van der Waals surface area contributed by atoms with E-state index in [0.29, 0.717) is 47.8 Å². The first-order valence-corrected chi connectivity index (χ1v) is 20.7. The molecule has 15 heteroatoms. The van der Waals surface area contributed by atoms with E-state index in [-0.39, 0.29) is 72.8 Å². The smallest absolute Gasteiger partial charge is 0.278 e. The highest BCUT2D eigenvalue weighted by Crippen LogP contribution is 2.38. The quantitative estimate of drug-likeness (QED) is 0.0685. The second-order valence-corrected chi connectivity index (χ2v) is 16.2. The fourth-order valence-electron chi connectivity index (χ4n) is 7.99. The summed E-state index contributed by atoms with van der Waals surface area (Å²) in [6.45, 7) is 6.39. The summed E-state index contributed by atoms with van der Waals surface area (Å²) in [6.07, 6.45) is 8.52. The van der Waals surface area contributed by atoms with Gasteiger partial charge in [-0.1, -0.05) is 42.5 Å². The van der Waals surface area contributed by atoms with Gasteiger partial charge in [-0.15, -0.1) is 0 Å². The first kappa shape index (κ1) is 42.3. The minimum atomic E-state index is -0.538. The summed E-state index contributed by atoms with van der Waals surface area (Å²) < 4.78 is 16.5. The molecule has 1 saturated heterocycles. The standard InChI is InChI=1S/C48H48N8O7/c1-28-17-35-24-50-37-23-43(42(62-5)22-36(37)47(60)56(35)25-28)63-16-6-7-45(59)51-44-27-54(4)46(52-44)41(58)19-30-8-11-32(12-9-30)34-21-39(53(3)26-34)48(61)55-15-14-33-18-31(10-13-38(33)55)20-40(57)29(2)49/h8-15,18,21-24,26-27,29,35H,1,6-7,16-17,19-20,25,49H2,2-5H3,(H,51,59)/t29-,35-/m0/s1. The number of amides is 2. The summed E-state index contributed by atoms with van der Waals surface area (Å²) in [4.78, 5) is 76.1. The van der Waals surface area contributed by atoms with Crippen LogP contribution in [-0.2, 0) is 36.5 Å². The van der Waals surface area contributed by atoms with E-state index in [1.165, 1.54) is 7.11 Å². The van der Waals surface area contributed by atoms with Gasteiger partial charge >= 0.3 is 0 Å². The number of hydrogen-bond acceptors (Lipinski definition) is 10. The lowest BCUT2D eigenvalue weighted by molar-refractivity contribution is -0.119. The number of rotatable bonds is 15. The lowest BCUT2D eigenvalue weighted by Crippen LogP contribution is -2.35. The zero-order valence-corrected chi connectivity index (χ0v) is 35.6. The number of aliphatic imine (C=N–C) groups is 1. The lowest BCUT2D eigenvalue weighted by atomic mass is 10.0. The number of carbonyl (C=O) groups excluding carboxylic acids is 5. The normalized spacial score (nSPS) is 14.9. The van der Waals surface area contributed by atoms with Crippen LogP contribution >= 0.6 is 0 Å². The minimum absolute atomic E-state index is 0.0483. The van der Waals surface area contributed by atoms with Crippen molar-refractivity contribution in [2.45, 2.75) is 51.1 Å². The third-order valence-electron chi connectivity index (χ3n) is 11.4. The Hall–Kier alpha value is -7.39. The molecule has 0 spiro atoms. The maximum absolute atomic E-state index is 13.7. The first-order valence-electron chi connectivity index (χ1n) is 20.7. The summed E-state index contributed by atoms with van der Waals surface area (Å²) in [6, 6.07) is 19.5. The number of aromatic nitrogens is 4. The number of anilines is 1. The van der Waals surface area contributed by atoms with Gasteiger partial charge < -0.3 is 34.6 Å². The molecule has 6 aromatic rings. The predicted octanol–water partition coefficient (Wildman–Crippen LogP) is 6.25. The van der Waals surface area contributed by atoms with Gasteiger partial charge in [0.1, 0.15) is 5.69 Å². The number of benzene rings is 3. The highest BCUT2D eigenvalue weighted by Gasteiger charge is 2.34. The van der Waals surface area contributed by atoms with Crippen LogP contribution in [0.2, 0.25) is 0 Å². The monoisotopic (exact) mass is 848 g/mol. The number of methoxy groups -OCH3 is 1. The Labute approximate surface area is 363 Å². The Bertz CT molecular complexity index is 2840. The van der Waals surface area contributed by atoms with E-state index in [2.05, 4.69) is 21.9 Å². The van der Waals surface area contributed by atoms with Crippen LogP contribution in [-0.4, -0.2) is 91.4 Å². The van der Waals surface area contributed by atoms with E-state index in [1.807, 2.05) is 67.8 Å². The third-order valence-corrected chi connectivity index (χ3v) is 11.4. The maximum atomic E-state index is 13.7. The van der Waals surface area contributed by atoms with Crippen molar-refractivity contribution in [1.82, 2.24) is 23.6 Å². The van der Waals surface area contributed by atoms with Crippen LogP contribution in [0, 0.1) is 0 Å². The average Bonchev–Trinajstić information content (AvgIpc) is 4.04. The first-order chi connectivity index (χ1) is 30.3. The van der Waals surface area contributed by atoms with Crippen LogP contribution in [0.15, 0.2) is 102 Å². The Morgan fingerprint density at radius 1 is 0.937 bits per heavy atom. The lowest BCUT2D eigenvalue weighted by Gasteiger charge is -2.20. The Balaban J connectivity index is 0.836. The van der Waals surface area contributed by atoms with Crippen LogP contribution in [0.1, 0.15) is 68.8 Å². The van der Waals surface area contributed by atoms with E-state index in [9.17, 15) is 24.0 Å². The Morgan fingerprint density at radius 2 is 1.71 bits per heavy atom. The van der Waals surface area contributed by atoms with Gasteiger partial charge in [-0.25, -0.2) is 4.98 Å². The number of Topliss-reactive ketones (excluding diaryl/α,β-unsaturated/α-hetero) is 2. The molecule has 0 saturated carbocycles. The molecule has 1 fully saturated rings. The molecule has 3 N–H and O–H groups in total. The number of fused-ring (bicyclic) bond motifs is 3. The van der Waals surface area contributed by atoms with Crippen molar-refractivity contribution in [1.29, 1.82) is 0 Å². The molecule has 322 valence electrons. The molecule has 5 heterocycles. The van der Waals surface area contributed by atoms with E-state index in [4.69, 9.17) is 15.2 Å². The molecule has 0 bridgehead atoms. The number of imidazole rings is 1. The SMILES string of the molecule is C=C1C[C@H]2C=Nc3cc(OCCCC(=O)Nc4cn(C)c(C(=O)Cc5ccc(-c6cc(C(=O)n7ccc8cc(CC(=O)[C@H](C)N)ccc87)n(C)c6)cc5)n4)c(OC)cc3C(=O)N2C1. The van der Waals surface area contributed by atoms with Gasteiger partial charge in [-0.2, -0.15) is 0 Å². The molecule has 15 nitrogen and oxygen atoms in total. The zero-order valence-electron chi connectivity index (χ0n) is 35.6. The van der Waals surface area contributed by atoms with Crippen molar-refractivity contribution in [2.24, 2.45) is 24.8 Å². The van der Waals surface area contributed by atoms with Crippen LogP contribution < -0.4 is 20.5 Å². The molecule has 2 aliphatic rings. The molecular weight excluding hydrogens is 801 g/mol. The molecule has 0 aliphatic carbocycles. The van der Waals surface area contributed by atoms with E-state index < -0.39 is 6.04 Å². The molecule has 0 unspecified atom stereocenters. The molecule has 0 radical (unpaired) electrons. The number of aryl methyl sites for hydroxylation is 2. The van der Waals surface area contributed by atoms with Gasteiger partial charge in [0, 0.05) is 81.7 Å². The molecule has 3 aromatic heterocycles. The van der Waals surface area contributed by atoms with Crippen molar-refractivity contribution in [2.75, 3.05) is 25.6 Å². The number of nitrogens with two attached hydrogens (primary N) is 1. The van der Waals surface area contributed by atoms with Gasteiger partial charge in [-0.3, -0.25) is 33.5 Å². The summed E-state index contributed by atoms with van der Waals surface area (Å²) in [5, 5.41) is 3.63. The van der Waals surface area contributed by atoms with Crippen molar-refractivity contribution in [3.8, 4) is 22.6 Å². The van der Waals surface area contributed by atoms with Crippen molar-refractivity contribution < 1.29 is 33.4 Å². The summed E-state index contributed by atoms with van der Waals surface area (Å²) in [7, 11) is 5.03. The van der Waals surface area contributed by atoms with E-state index in [0.717, 1.165) is 38.7 Å². The summed E-state index contributed by atoms with van der Waals surface area (Å²) >= 11 is 0. The molecule has 3 aromatic carbocycles. The van der Waals surface area contributed by atoms with Crippen LogP contribution in [0.25, 0.3) is 22.0 Å². The maximum Gasteiger partial charge on any atom is 0.278 e. The molecule has 2 amide bonds. The Morgan fingerprint density at radius 3 is 2.48 bits per heavy atom. The fourth-order valence-corrected chi connectivity index (χ4v) is 7.99. The predicted molar refractivity (Wildman–Crippen MR) is 239 cm³/mol. The highest BCUT2D eigenvalue weighted by atomic mass is 16.5. The second-order valence-electron chi connectivity index (χ2n) is 16.2. The van der Waals surface area contributed by atoms with Crippen molar-refractivity contribution in [3.05, 3.63) is 126 Å².